The van der Waals surface area contributed by atoms with Crippen LogP contribution in [0.15, 0.2) is 12.1 Å². The van der Waals surface area contributed by atoms with Crippen molar-refractivity contribution in [2.24, 2.45) is 5.92 Å². The third-order valence-corrected chi connectivity index (χ3v) is 4.36. The minimum absolute atomic E-state index is 0.0311. The van der Waals surface area contributed by atoms with Crippen molar-refractivity contribution in [3.8, 4) is 11.8 Å². The van der Waals surface area contributed by atoms with Crippen molar-refractivity contribution in [2.45, 2.75) is 19.0 Å². The van der Waals surface area contributed by atoms with Gasteiger partial charge in [0.05, 0.1) is 15.6 Å². The lowest BCUT2D eigenvalue weighted by atomic mass is 10.2. The molecule has 1 aromatic carbocycles. The molecule has 26 heavy (non-hydrogen) atoms. The van der Waals surface area contributed by atoms with Crippen molar-refractivity contribution < 1.29 is 18.0 Å². The van der Waals surface area contributed by atoms with Crippen LogP contribution in [0.25, 0.3) is 5.69 Å². The van der Waals surface area contributed by atoms with E-state index < -0.39 is 11.7 Å². The maximum atomic E-state index is 12.9. The first-order chi connectivity index (χ1) is 12.1. The third-order valence-electron chi connectivity index (χ3n) is 3.78. The second-order valence-corrected chi connectivity index (χ2v) is 6.50. The minimum atomic E-state index is -4.64. The van der Waals surface area contributed by atoms with Crippen LogP contribution in [0.2, 0.25) is 10.0 Å². The number of aromatic nitrogens is 2. The van der Waals surface area contributed by atoms with Crippen molar-refractivity contribution in [2.75, 3.05) is 11.1 Å². The Morgan fingerprint density at radius 2 is 1.92 bits per heavy atom. The van der Waals surface area contributed by atoms with Crippen LogP contribution in [0, 0.1) is 17.2 Å². The molecule has 0 atom stereocenters. The summed E-state index contributed by atoms with van der Waals surface area (Å²) in [6, 6.07) is 3.13. The summed E-state index contributed by atoms with van der Waals surface area (Å²) in [5.41, 5.74) is 4.54. The highest BCUT2D eigenvalue weighted by Crippen LogP contribution is 2.39. The number of rotatable bonds is 3. The van der Waals surface area contributed by atoms with E-state index in [2.05, 4.69) is 10.4 Å². The summed E-state index contributed by atoms with van der Waals surface area (Å²) < 4.78 is 39.5. The largest absolute Gasteiger partial charge is 0.416 e. The number of alkyl halides is 3. The van der Waals surface area contributed by atoms with Crippen LogP contribution in [-0.4, -0.2) is 15.7 Å². The summed E-state index contributed by atoms with van der Waals surface area (Å²) in [7, 11) is 0. The fraction of sp³-hybridized carbons (Fsp3) is 0.267. The molecule has 1 heterocycles. The van der Waals surface area contributed by atoms with Crippen molar-refractivity contribution in [1.82, 2.24) is 9.78 Å². The molecule has 1 aliphatic carbocycles. The minimum Gasteiger partial charge on any atom is -0.382 e. The Balaban J connectivity index is 2.09. The van der Waals surface area contributed by atoms with Crippen LogP contribution in [0.1, 0.15) is 24.1 Å². The van der Waals surface area contributed by atoms with Crippen LogP contribution in [-0.2, 0) is 11.0 Å². The van der Waals surface area contributed by atoms with E-state index in [4.69, 9.17) is 28.9 Å². The molecule has 1 amide bonds. The molecule has 1 aromatic heterocycles. The normalized spacial score (nSPS) is 14.2. The maximum Gasteiger partial charge on any atom is 0.416 e. The highest BCUT2D eigenvalue weighted by atomic mass is 35.5. The topological polar surface area (TPSA) is 96.7 Å². The number of nitrogen functional groups attached to an aromatic ring is 1. The molecule has 0 saturated heterocycles. The predicted octanol–water partition coefficient (Wildman–Crippen LogP) is 4.00. The second kappa shape index (κ2) is 6.37. The van der Waals surface area contributed by atoms with Crippen molar-refractivity contribution in [3.05, 3.63) is 33.4 Å². The molecular formula is C15H10Cl2F3N5O. The average Bonchev–Trinajstić information content (AvgIpc) is 3.34. The Morgan fingerprint density at radius 1 is 1.35 bits per heavy atom. The fourth-order valence-electron chi connectivity index (χ4n) is 2.31. The molecule has 3 rings (SSSR count). The Morgan fingerprint density at radius 3 is 2.38 bits per heavy atom. The first kappa shape index (κ1) is 18.4. The molecule has 136 valence electrons. The van der Waals surface area contributed by atoms with Crippen molar-refractivity contribution in [1.29, 1.82) is 5.26 Å². The van der Waals surface area contributed by atoms with E-state index in [0.717, 1.165) is 17.5 Å². The van der Waals surface area contributed by atoms with Crippen molar-refractivity contribution in [3.63, 3.8) is 0 Å². The monoisotopic (exact) mass is 403 g/mol. The number of carbonyl (C=O) groups is 1. The lowest BCUT2D eigenvalue weighted by molar-refractivity contribution is -0.137. The van der Waals surface area contributed by atoms with Gasteiger partial charge in [0.2, 0.25) is 5.91 Å². The molecular weight excluding hydrogens is 394 g/mol. The van der Waals surface area contributed by atoms with Crippen LogP contribution >= 0.6 is 23.2 Å². The number of carbonyl (C=O) groups excluding carboxylic acids is 1. The van der Waals surface area contributed by atoms with Gasteiger partial charge in [0.15, 0.2) is 11.5 Å². The van der Waals surface area contributed by atoms with Gasteiger partial charge in [-0.2, -0.15) is 23.5 Å². The van der Waals surface area contributed by atoms with E-state index in [1.165, 1.54) is 0 Å². The molecule has 6 nitrogen and oxygen atoms in total. The number of nitriles is 1. The Bertz CT molecular complexity index is 921. The zero-order valence-corrected chi connectivity index (χ0v) is 14.4. The fourth-order valence-corrected chi connectivity index (χ4v) is 2.95. The number of halogens is 5. The molecule has 1 fully saturated rings. The molecule has 0 bridgehead atoms. The third kappa shape index (κ3) is 3.30. The number of nitrogens with one attached hydrogen (secondary N) is 1. The van der Waals surface area contributed by atoms with Crippen LogP contribution in [0.4, 0.5) is 24.7 Å². The molecule has 1 aliphatic rings. The molecule has 0 radical (unpaired) electrons. The number of hydrogen-bond acceptors (Lipinski definition) is 4. The van der Waals surface area contributed by atoms with Gasteiger partial charge in [-0.1, -0.05) is 23.2 Å². The molecule has 0 spiro atoms. The number of benzene rings is 1. The van der Waals surface area contributed by atoms with E-state index in [1.807, 2.05) is 0 Å². The van der Waals surface area contributed by atoms with Gasteiger partial charge in [-0.15, -0.1) is 0 Å². The van der Waals surface area contributed by atoms with E-state index in [1.54, 1.807) is 6.07 Å². The van der Waals surface area contributed by atoms with Gasteiger partial charge in [0.1, 0.15) is 17.4 Å². The summed E-state index contributed by atoms with van der Waals surface area (Å²) in [6.07, 6.45) is -3.17. The van der Waals surface area contributed by atoms with Crippen molar-refractivity contribution >= 4 is 40.6 Å². The summed E-state index contributed by atoms with van der Waals surface area (Å²) >= 11 is 11.9. The summed E-state index contributed by atoms with van der Waals surface area (Å²) in [5, 5.41) is 14.9. The molecule has 1 saturated carbocycles. The van der Waals surface area contributed by atoms with E-state index >= 15 is 0 Å². The number of nitrogens with two attached hydrogens (primary N) is 1. The Kier molecular flexibility index (Phi) is 4.50. The van der Waals surface area contributed by atoms with Gasteiger partial charge in [0, 0.05) is 5.92 Å². The highest BCUT2D eigenvalue weighted by molar-refractivity contribution is 6.38. The first-order valence-electron chi connectivity index (χ1n) is 7.29. The smallest absolute Gasteiger partial charge is 0.382 e. The van der Waals surface area contributed by atoms with E-state index in [-0.39, 0.29) is 44.8 Å². The van der Waals surface area contributed by atoms with Crippen LogP contribution < -0.4 is 11.1 Å². The van der Waals surface area contributed by atoms with Gasteiger partial charge in [-0.3, -0.25) is 4.79 Å². The SMILES string of the molecule is N#Cc1nn(-c2c(Cl)cc(C(F)(F)F)cc2Cl)c(N)c1NC(=O)C1CC1. The number of amides is 1. The first-order valence-corrected chi connectivity index (χ1v) is 8.05. The van der Waals surface area contributed by atoms with Gasteiger partial charge >= 0.3 is 6.18 Å². The van der Waals surface area contributed by atoms with Gasteiger partial charge in [-0.05, 0) is 25.0 Å². The van der Waals surface area contributed by atoms with Gasteiger partial charge < -0.3 is 11.1 Å². The Labute approximate surface area is 155 Å². The van der Waals surface area contributed by atoms with Crippen LogP contribution in [0.5, 0.6) is 0 Å². The summed E-state index contributed by atoms with van der Waals surface area (Å²) in [4.78, 5) is 11.9. The lowest BCUT2D eigenvalue weighted by Crippen LogP contribution is -2.15. The maximum absolute atomic E-state index is 12.9. The van der Waals surface area contributed by atoms with Crippen LogP contribution in [0.3, 0.4) is 0 Å². The summed E-state index contributed by atoms with van der Waals surface area (Å²) in [5.74, 6) is -0.626. The van der Waals surface area contributed by atoms with E-state index in [0.29, 0.717) is 12.1 Å². The number of nitrogens with zero attached hydrogens (tertiary/aromatic N) is 3. The van der Waals surface area contributed by atoms with E-state index in [9.17, 15) is 23.2 Å². The zero-order valence-electron chi connectivity index (χ0n) is 12.9. The standard InChI is InChI=1S/C15H10Cl2F3N5O/c16-8-3-7(15(18,19)20)4-9(17)12(8)25-13(22)11(10(5-21)24-25)23-14(26)6-1-2-6/h3-4,6H,1-2,22H2,(H,23,26). The lowest BCUT2D eigenvalue weighted by Gasteiger charge is -2.13. The molecule has 0 aliphatic heterocycles. The molecule has 11 heteroatoms. The Hall–Kier alpha value is -2.44. The zero-order chi connectivity index (χ0) is 19.2. The number of anilines is 2. The predicted molar refractivity (Wildman–Crippen MR) is 89.1 cm³/mol. The highest BCUT2D eigenvalue weighted by Gasteiger charge is 2.34. The van der Waals surface area contributed by atoms with Gasteiger partial charge in [0.25, 0.3) is 0 Å². The van der Waals surface area contributed by atoms with Gasteiger partial charge in [-0.25, -0.2) is 4.68 Å². The molecule has 0 unspecified atom stereocenters. The second-order valence-electron chi connectivity index (χ2n) is 5.68. The summed E-state index contributed by atoms with van der Waals surface area (Å²) in [6.45, 7) is 0. The number of hydrogen-bond donors (Lipinski definition) is 2. The molecule has 2 aromatic rings. The average molecular weight is 404 g/mol. The quantitative estimate of drug-likeness (QED) is 0.808. The molecule has 3 N–H and O–H groups in total.